The van der Waals surface area contributed by atoms with Crippen LogP contribution in [0.15, 0.2) is 33.7 Å². The van der Waals surface area contributed by atoms with Crippen LogP contribution in [0.1, 0.15) is 24.3 Å². The number of carbonyl (C=O) groups excluding carboxylic acids is 1. The van der Waals surface area contributed by atoms with Crippen molar-refractivity contribution in [2.45, 2.75) is 31.6 Å². The van der Waals surface area contributed by atoms with Gasteiger partial charge in [0.25, 0.3) is 0 Å². The van der Waals surface area contributed by atoms with E-state index in [9.17, 15) is 13.2 Å². The van der Waals surface area contributed by atoms with Gasteiger partial charge in [0.2, 0.25) is 15.9 Å². The van der Waals surface area contributed by atoms with Gasteiger partial charge in [-0.3, -0.25) is 4.79 Å². The summed E-state index contributed by atoms with van der Waals surface area (Å²) in [5, 5.41) is 3.75. The van der Waals surface area contributed by atoms with Crippen LogP contribution >= 0.6 is 0 Å². The van der Waals surface area contributed by atoms with Gasteiger partial charge in [-0.05, 0) is 38.8 Å². The lowest BCUT2D eigenvalue weighted by Crippen LogP contribution is -2.46. The third-order valence-electron chi connectivity index (χ3n) is 5.36. The van der Waals surface area contributed by atoms with E-state index >= 15 is 0 Å². The molecular weight excluding hydrogens is 382 g/mol. The Hall–Kier alpha value is -2.39. The Morgan fingerprint density at radius 2 is 1.86 bits per heavy atom. The zero-order chi connectivity index (χ0) is 19.9. The quantitative estimate of drug-likeness (QED) is 0.777. The second kappa shape index (κ2) is 7.21. The third-order valence-corrected chi connectivity index (χ3v) is 7.51. The molecule has 1 fully saturated rings. The molecule has 9 heteroatoms. The van der Waals surface area contributed by atoms with Crippen molar-refractivity contribution < 1.29 is 22.5 Å². The van der Waals surface area contributed by atoms with Gasteiger partial charge < -0.3 is 14.2 Å². The smallest absolute Gasteiger partial charge is 0.248 e. The van der Waals surface area contributed by atoms with Gasteiger partial charge >= 0.3 is 0 Å². The second-order valence-electron chi connectivity index (χ2n) is 7.14. The number of sulfonamides is 1. The predicted octanol–water partition coefficient (Wildman–Crippen LogP) is 2.12. The zero-order valence-electron chi connectivity index (χ0n) is 15.9. The van der Waals surface area contributed by atoms with Crippen molar-refractivity contribution in [2.24, 2.45) is 5.92 Å². The molecule has 0 atom stereocenters. The van der Waals surface area contributed by atoms with Gasteiger partial charge in [0, 0.05) is 19.0 Å². The largest absolute Gasteiger partial charge is 0.490 e. The normalized spacial score (nSPS) is 18.6. The highest BCUT2D eigenvalue weighted by molar-refractivity contribution is 7.89. The van der Waals surface area contributed by atoms with E-state index in [1.165, 1.54) is 4.31 Å². The van der Waals surface area contributed by atoms with E-state index in [4.69, 9.17) is 9.26 Å². The van der Waals surface area contributed by atoms with Gasteiger partial charge in [-0.15, -0.1) is 0 Å². The highest BCUT2D eigenvalue weighted by atomic mass is 32.2. The molecule has 0 N–H and O–H groups in total. The topological polar surface area (TPSA) is 93.0 Å². The standard InChI is InChI=1S/C19H23N3O5S/c1-13-18(14(2)27-20-13)28(24,25)21-9-7-15(8-10-21)19(23)22-11-12-26-17-6-4-3-5-16(17)22/h3-6,15H,7-12H2,1-2H3. The highest BCUT2D eigenvalue weighted by Crippen LogP contribution is 2.34. The predicted molar refractivity (Wildman–Crippen MR) is 102 cm³/mol. The molecule has 0 spiro atoms. The molecule has 0 saturated carbocycles. The lowest BCUT2D eigenvalue weighted by Gasteiger charge is -2.35. The third kappa shape index (κ3) is 3.18. The Kier molecular flexibility index (Phi) is 4.88. The molecule has 1 aromatic carbocycles. The van der Waals surface area contributed by atoms with Crippen LogP contribution in [-0.4, -0.2) is 50.0 Å². The summed E-state index contributed by atoms with van der Waals surface area (Å²) < 4.78 is 38.0. The molecule has 1 saturated heterocycles. The Balaban J connectivity index is 1.47. The number of nitrogens with zero attached hydrogens (tertiary/aromatic N) is 3. The van der Waals surface area contributed by atoms with E-state index in [0.717, 1.165) is 5.69 Å². The summed E-state index contributed by atoms with van der Waals surface area (Å²) in [4.78, 5) is 15.0. The van der Waals surface area contributed by atoms with Gasteiger partial charge in [0.05, 0.1) is 12.2 Å². The van der Waals surface area contributed by atoms with E-state index in [2.05, 4.69) is 5.16 Å². The number of aromatic nitrogens is 1. The van der Waals surface area contributed by atoms with Crippen LogP contribution in [0.5, 0.6) is 5.75 Å². The molecule has 2 aromatic rings. The maximum absolute atomic E-state index is 13.1. The molecule has 2 aliphatic rings. The molecule has 150 valence electrons. The summed E-state index contributed by atoms with van der Waals surface area (Å²) in [5.74, 6) is 0.827. The number of piperidine rings is 1. The van der Waals surface area contributed by atoms with Crippen molar-refractivity contribution in [3.8, 4) is 5.75 Å². The molecule has 0 unspecified atom stereocenters. The number of anilines is 1. The Morgan fingerprint density at radius 1 is 1.14 bits per heavy atom. The fraction of sp³-hybridized carbons (Fsp3) is 0.474. The fourth-order valence-corrected chi connectivity index (χ4v) is 5.69. The minimum atomic E-state index is -3.67. The van der Waals surface area contributed by atoms with Crippen LogP contribution in [0.4, 0.5) is 5.69 Å². The number of carbonyl (C=O) groups is 1. The molecule has 1 amide bonds. The van der Waals surface area contributed by atoms with E-state index in [1.807, 2.05) is 24.3 Å². The summed E-state index contributed by atoms with van der Waals surface area (Å²) >= 11 is 0. The van der Waals surface area contributed by atoms with Gasteiger partial charge in [-0.1, -0.05) is 17.3 Å². The maximum atomic E-state index is 13.1. The van der Waals surface area contributed by atoms with Crippen molar-refractivity contribution in [1.29, 1.82) is 0 Å². The van der Waals surface area contributed by atoms with Gasteiger partial charge in [0.1, 0.15) is 22.9 Å². The highest BCUT2D eigenvalue weighted by Gasteiger charge is 2.37. The molecule has 2 aliphatic heterocycles. The minimum absolute atomic E-state index is 0.0325. The van der Waals surface area contributed by atoms with Gasteiger partial charge in [-0.25, -0.2) is 8.42 Å². The summed E-state index contributed by atoms with van der Waals surface area (Å²) in [5.41, 5.74) is 1.14. The molecule has 0 radical (unpaired) electrons. The van der Waals surface area contributed by atoms with E-state index in [0.29, 0.717) is 56.3 Å². The molecule has 0 aliphatic carbocycles. The molecular formula is C19H23N3O5S. The molecule has 4 rings (SSSR count). The van der Waals surface area contributed by atoms with E-state index < -0.39 is 10.0 Å². The van der Waals surface area contributed by atoms with Crippen LogP contribution in [-0.2, 0) is 14.8 Å². The Morgan fingerprint density at radius 3 is 2.54 bits per heavy atom. The lowest BCUT2D eigenvalue weighted by molar-refractivity contribution is -0.123. The van der Waals surface area contributed by atoms with Crippen molar-refractivity contribution >= 4 is 21.6 Å². The van der Waals surface area contributed by atoms with E-state index in [1.54, 1.807) is 18.7 Å². The van der Waals surface area contributed by atoms with Crippen LogP contribution < -0.4 is 9.64 Å². The molecule has 3 heterocycles. The molecule has 28 heavy (non-hydrogen) atoms. The van der Waals surface area contributed by atoms with Crippen molar-refractivity contribution in [3.05, 3.63) is 35.7 Å². The van der Waals surface area contributed by atoms with Crippen LogP contribution in [0.3, 0.4) is 0 Å². The van der Waals surface area contributed by atoms with Gasteiger partial charge in [0.15, 0.2) is 5.76 Å². The first-order valence-electron chi connectivity index (χ1n) is 9.36. The number of ether oxygens (including phenoxy) is 1. The number of benzene rings is 1. The monoisotopic (exact) mass is 405 g/mol. The van der Waals surface area contributed by atoms with Gasteiger partial charge in [-0.2, -0.15) is 4.31 Å². The Bertz CT molecular complexity index is 973. The SMILES string of the molecule is Cc1noc(C)c1S(=O)(=O)N1CCC(C(=O)N2CCOc3ccccc32)CC1. The average Bonchev–Trinajstić information content (AvgIpc) is 3.06. The van der Waals surface area contributed by atoms with Crippen LogP contribution in [0, 0.1) is 19.8 Å². The zero-order valence-corrected chi connectivity index (χ0v) is 16.7. The number of hydrogen-bond donors (Lipinski definition) is 0. The van der Waals surface area contributed by atoms with E-state index in [-0.39, 0.29) is 16.7 Å². The molecule has 8 nitrogen and oxygen atoms in total. The summed E-state index contributed by atoms with van der Waals surface area (Å²) in [6.07, 6.45) is 0.974. The summed E-state index contributed by atoms with van der Waals surface area (Å²) in [6.45, 7) is 4.79. The van der Waals surface area contributed by atoms with Crippen molar-refractivity contribution in [2.75, 3.05) is 31.1 Å². The number of hydrogen-bond acceptors (Lipinski definition) is 6. The Labute approximate surface area is 164 Å². The lowest BCUT2D eigenvalue weighted by atomic mass is 9.96. The second-order valence-corrected chi connectivity index (χ2v) is 9.01. The number of amides is 1. The first-order valence-corrected chi connectivity index (χ1v) is 10.8. The number of fused-ring (bicyclic) bond motifs is 1. The fourth-order valence-electron chi connectivity index (χ4n) is 3.93. The molecule has 1 aromatic heterocycles. The number of aryl methyl sites for hydroxylation is 2. The average molecular weight is 405 g/mol. The summed E-state index contributed by atoms with van der Waals surface area (Å²) in [6, 6.07) is 7.49. The first-order chi connectivity index (χ1) is 13.4. The minimum Gasteiger partial charge on any atom is -0.490 e. The van der Waals surface area contributed by atoms with Crippen molar-refractivity contribution in [3.63, 3.8) is 0 Å². The van der Waals surface area contributed by atoms with Crippen LogP contribution in [0.2, 0.25) is 0 Å². The van der Waals surface area contributed by atoms with Crippen LogP contribution in [0.25, 0.3) is 0 Å². The number of rotatable bonds is 3. The summed E-state index contributed by atoms with van der Waals surface area (Å²) in [7, 11) is -3.67. The molecule has 0 bridgehead atoms. The first kappa shape index (κ1) is 18.9. The van der Waals surface area contributed by atoms with Crippen molar-refractivity contribution in [1.82, 2.24) is 9.46 Å². The maximum Gasteiger partial charge on any atom is 0.248 e. The number of para-hydroxylation sites is 2.